The molecule has 0 aliphatic heterocycles. The zero-order valence-corrected chi connectivity index (χ0v) is 15.8. The van der Waals surface area contributed by atoms with E-state index >= 15 is 0 Å². The lowest BCUT2D eigenvalue weighted by atomic mass is 10.1. The van der Waals surface area contributed by atoms with Gasteiger partial charge in [-0.3, -0.25) is 20.4 Å². The summed E-state index contributed by atoms with van der Waals surface area (Å²) in [5, 5.41) is 2.68. The van der Waals surface area contributed by atoms with Crippen LogP contribution in [0.15, 0.2) is 60.7 Å². The Balaban J connectivity index is 1.58. The van der Waals surface area contributed by atoms with Crippen LogP contribution in [-0.4, -0.2) is 17.9 Å². The number of carbonyl (C=O) groups is 2. The minimum Gasteiger partial charge on any atom is -0.481 e. The Morgan fingerprint density at radius 2 is 1.63 bits per heavy atom. The fraction of sp³-hybridized carbons (Fsp3) is 0.100. The highest BCUT2D eigenvalue weighted by Gasteiger charge is 2.16. The molecular weight excluding hydrogens is 387 g/mol. The van der Waals surface area contributed by atoms with Gasteiger partial charge in [-0.25, -0.2) is 0 Å². The van der Waals surface area contributed by atoms with E-state index in [9.17, 15) is 9.59 Å². The number of rotatable bonds is 4. The van der Waals surface area contributed by atoms with E-state index in [1.807, 2.05) is 36.4 Å². The van der Waals surface area contributed by atoms with Crippen LogP contribution in [0.5, 0.6) is 5.75 Å². The van der Waals surface area contributed by atoms with Crippen molar-refractivity contribution in [3.63, 3.8) is 0 Å². The molecule has 138 valence electrons. The normalized spacial score (nSPS) is 11.7. The molecule has 2 N–H and O–H groups in total. The molecule has 0 saturated carbocycles. The van der Waals surface area contributed by atoms with Gasteiger partial charge in [0.1, 0.15) is 5.75 Å². The lowest BCUT2D eigenvalue weighted by Crippen LogP contribution is -2.47. The number of fused-ring (bicyclic) bond motifs is 1. The third-order valence-corrected chi connectivity index (χ3v) is 4.62. The summed E-state index contributed by atoms with van der Waals surface area (Å²) in [6.45, 7) is 1.59. The van der Waals surface area contributed by atoms with E-state index in [1.54, 1.807) is 13.0 Å². The molecule has 1 atom stereocenters. The van der Waals surface area contributed by atoms with Gasteiger partial charge < -0.3 is 4.74 Å². The van der Waals surface area contributed by atoms with Crippen molar-refractivity contribution in [2.24, 2.45) is 0 Å². The molecule has 0 spiro atoms. The molecule has 0 heterocycles. The topological polar surface area (TPSA) is 67.4 Å². The van der Waals surface area contributed by atoms with Crippen molar-refractivity contribution in [1.29, 1.82) is 0 Å². The van der Waals surface area contributed by atoms with Gasteiger partial charge in [0.05, 0.1) is 10.0 Å². The van der Waals surface area contributed by atoms with E-state index in [-0.39, 0.29) is 10.6 Å². The van der Waals surface area contributed by atoms with Crippen molar-refractivity contribution >= 4 is 45.8 Å². The molecular formula is C20H16Cl2N2O3. The molecule has 0 unspecified atom stereocenters. The second-order valence-corrected chi connectivity index (χ2v) is 6.66. The van der Waals surface area contributed by atoms with Crippen LogP contribution >= 0.6 is 23.2 Å². The summed E-state index contributed by atoms with van der Waals surface area (Å²) in [6.07, 6.45) is -0.805. The molecule has 0 aromatic heterocycles. The third-order valence-electron chi connectivity index (χ3n) is 3.88. The SMILES string of the molecule is C[C@@H](Oc1ccc2ccccc2c1)C(=O)NNC(=O)c1ccc(Cl)c(Cl)c1. The van der Waals surface area contributed by atoms with Gasteiger partial charge in [-0.1, -0.05) is 53.5 Å². The maximum Gasteiger partial charge on any atom is 0.279 e. The van der Waals surface area contributed by atoms with Crippen LogP contribution in [0.25, 0.3) is 10.8 Å². The third kappa shape index (κ3) is 4.70. The van der Waals surface area contributed by atoms with Crippen molar-refractivity contribution in [2.45, 2.75) is 13.0 Å². The second-order valence-electron chi connectivity index (χ2n) is 5.84. The highest BCUT2D eigenvalue weighted by Crippen LogP contribution is 2.23. The average Bonchev–Trinajstić information content (AvgIpc) is 2.67. The lowest BCUT2D eigenvalue weighted by Gasteiger charge is -2.15. The Kier molecular flexibility index (Phi) is 5.84. The molecule has 0 radical (unpaired) electrons. The van der Waals surface area contributed by atoms with E-state index < -0.39 is 17.9 Å². The quantitative estimate of drug-likeness (QED) is 0.636. The summed E-state index contributed by atoms with van der Waals surface area (Å²) in [5.41, 5.74) is 4.93. The minimum atomic E-state index is -0.805. The fourth-order valence-corrected chi connectivity index (χ4v) is 2.73. The zero-order valence-electron chi connectivity index (χ0n) is 14.3. The summed E-state index contributed by atoms with van der Waals surface area (Å²) < 4.78 is 5.66. The van der Waals surface area contributed by atoms with Crippen molar-refractivity contribution in [1.82, 2.24) is 10.9 Å². The summed E-state index contributed by atoms with van der Waals surface area (Å²) in [5.74, 6) is -0.441. The Morgan fingerprint density at radius 3 is 2.37 bits per heavy atom. The first-order chi connectivity index (χ1) is 12.9. The molecule has 0 aliphatic rings. The standard InChI is InChI=1S/C20H16Cl2N2O3/c1-12(27-16-8-6-13-4-2-3-5-14(13)10-16)19(25)23-24-20(26)15-7-9-17(21)18(22)11-15/h2-12H,1H3,(H,23,25)(H,24,26)/t12-/m1/s1. The molecule has 3 aromatic rings. The van der Waals surface area contributed by atoms with Gasteiger partial charge in [0.15, 0.2) is 6.10 Å². The molecule has 0 bridgehead atoms. The fourth-order valence-electron chi connectivity index (χ4n) is 2.43. The predicted octanol–water partition coefficient (Wildman–Crippen LogP) is 4.38. The van der Waals surface area contributed by atoms with Crippen molar-refractivity contribution in [3.8, 4) is 5.75 Å². The van der Waals surface area contributed by atoms with Gasteiger partial charge in [0.2, 0.25) is 0 Å². The van der Waals surface area contributed by atoms with E-state index in [0.717, 1.165) is 10.8 Å². The number of ether oxygens (including phenoxy) is 1. The maximum atomic E-state index is 12.2. The molecule has 7 heteroatoms. The Morgan fingerprint density at radius 1 is 0.889 bits per heavy atom. The average molecular weight is 403 g/mol. The summed E-state index contributed by atoms with van der Waals surface area (Å²) in [6, 6.07) is 17.8. The summed E-state index contributed by atoms with van der Waals surface area (Å²) in [4.78, 5) is 24.2. The number of nitrogens with one attached hydrogen (secondary N) is 2. The second kappa shape index (κ2) is 8.29. The summed E-state index contributed by atoms with van der Waals surface area (Å²) in [7, 11) is 0. The van der Waals surface area contributed by atoms with Gasteiger partial charge in [-0.05, 0) is 48.0 Å². The first-order valence-corrected chi connectivity index (χ1v) is 8.90. The van der Waals surface area contributed by atoms with Crippen LogP contribution in [0.4, 0.5) is 0 Å². The molecule has 0 fully saturated rings. The van der Waals surface area contributed by atoms with E-state index in [1.165, 1.54) is 18.2 Å². The zero-order chi connectivity index (χ0) is 19.4. The number of benzene rings is 3. The van der Waals surface area contributed by atoms with Crippen LogP contribution in [-0.2, 0) is 4.79 Å². The monoisotopic (exact) mass is 402 g/mol. The molecule has 0 saturated heterocycles. The molecule has 2 amide bonds. The lowest BCUT2D eigenvalue weighted by molar-refractivity contribution is -0.128. The van der Waals surface area contributed by atoms with E-state index in [4.69, 9.17) is 27.9 Å². The van der Waals surface area contributed by atoms with Gasteiger partial charge in [-0.2, -0.15) is 0 Å². The molecule has 27 heavy (non-hydrogen) atoms. The van der Waals surface area contributed by atoms with Crippen LogP contribution < -0.4 is 15.6 Å². The number of amides is 2. The largest absolute Gasteiger partial charge is 0.481 e. The van der Waals surface area contributed by atoms with Gasteiger partial charge in [0.25, 0.3) is 11.8 Å². The molecule has 0 aliphatic carbocycles. The highest BCUT2D eigenvalue weighted by atomic mass is 35.5. The van der Waals surface area contributed by atoms with Gasteiger partial charge in [-0.15, -0.1) is 0 Å². The first kappa shape index (κ1) is 19.0. The van der Waals surface area contributed by atoms with Crippen molar-refractivity contribution in [3.05, 3.63) is 76.3 Å². The van der Waals surface area contributed by atoms with Crippen LogP contribution in [0.2, 0.25) is 10.0 Å². The highest BCUT2D eigenvalue weighted by molar-refractivity contribution is 6.42. The van der Waals surface area contributed by atoms with E-state index in [0.29, 0.717) is 10.8 Å². The minimum absolute atomic E-state index is 0.253. The number of hydrogen-bond donors (Lipinski definition) is 2. The van der Waals surface area contributed by atoms with E-state index in [2.05, 4.69) is 10.9 Å². The first-order valence-electron chi connectivity index (χ1n) is 8.15. The number of hydrazine groups is 1. The van der Waals surface area contributed by atoms with Crippen LogP contribution in [0.1, 0.15) is 17.3 Å². The Hall–Kier alpha value is -2.76. The van der Waals surface area contributed by atoms with Gasteiger partial charge >= 0.3 is 0 Å². The van der Waals surface area contributed by atoms with Crippen LogP contribution in [0, 0.1) is 0 Å². The van der Waals surface area contributed by atoms with Gasteiger partial charge in [0, 0.05) is 5.56 Å². The maximum absolute atomic E-state index is 12.2. The van der Waals surface area contributed by atoms with Crippen molar-refractivity contribution in [2.75, 3.05) is 0 Å². The molecule has 5 nitrogen and oxygen atoms in total. The summed E-state index contributed by atoms with van der Waals surface area (Å²) >= 11 is 11.7. The van der Waals surface area contributed by atoms with Crippen molar-refractivity contribution < 1.29 is 14.3 Å². The number of hydrogen-bond acceptors (Lipinski definition) is 3. The predicted molar refractivity (Wildman–Crippen MR) is 106 cm³/mol. The number of halogens is 2. The smallest absolute Gasteiger partial charge is 0.279 e. The Bertz CT molecular complexity index is 1010. The number of carbonyl (C=O) groups excluding carboxylic acids is 2. The molecule has 3 aromatic carbocycles. The Labute approximate surface area is 166 Å². The molecule has 3 rings (SSSR count). The van der Waals surface area contributed by atoms with Crippen LogP contribution in [0.3, 0.4) is 0 Å².